The molecule has 0 aliphatic heterocycles. The quantitative estimate of drug-likeness (QED) is 0.353. The molecule has 2 heterocycles. The summed E-state index contributed by atoms with van der Waals surface area (Å²) >= 11 is 7.65. The van der Waals surface area contributed by atoms with Gasteiger partial charge in [-0.15, -0.1) is 0 Å². The molecule has 0 N–H and O–H groups in total. The van der Waals surface area contributed by atoms with E-state index in [0.29, 0.717) is 34.4 Å². The number of carbonyl (C=O) groups is 2. The van der Waals surface area contributed by atoms with E-state index >= 15 is 0 Å². The van der Waals surface area contributed by atoms with Gasteiger partial charge in [-0.1, -0.05) is 22.9 Å². The lowest BCUT2D eigenvalue weighted by molar-refractivity contribution is 0.0600. The van der Waals surface area contributed by atoms with Crippen LogP contribution in [-0.4, -0.2) is 40.3 Å². The molecule has 4 aromatic rings. The number of esters is 1. The second-order valence-electron chi connectivity index (χ2n) is 7.74. The van der Waals surface area contributed by atoms with E-state index in [1.54, 1.807) is 29.2 Å². The summed E-state index contributed by atoms with van der Waals surface area (Å²) < 4.78 is 7.54. The van der Waals surface area contributed by atoms with Crippen LogP contribution in [0.2, 0.25) is 5.02 Å². The lowest BCUT2D eigenvalue weighted by Gasteiger charge is -2.20. The van der Waals surface area contributed by atoms with Gasteiger partial charge in [0.25, 0.3) is 5.91 Å². The second kappa shape index (κ2) is 9.33. The highest BCUT2D eigenvalue weighted by atomic mass is 35.5. The molecule has 0 aliphatic rings. The molecule has 4 rings (SSSR count). The third kappa shape index (κ3) is 4.77. The number of halogens is 1. The molecule has 2 aromatic heterocycles. The Morgan fingerprint density at radius 1 is 1.09 bits per heavy atom. The highest BCUT2D eigenvalue weighted by molar-refractivity contribution is 7.22. The Kier molecular flexibility index (Phi) is 6.49. The van der Waals surface area contributed by atoms with Gasteiger partial charge in [0.1, 0.15) is 0 Å². The highest BCUT2D eigenvalue weighted by Gasteiger charge is 2.23. The molecular formula is C24H23ClN4O3S. The normalized spacial score (nSPS) is 11.1. The largest absolute Gasteiger partial charge is 0.465 e. The van der Waals surface area contributed by atoms with Crippen LogP contribution >= 0.6 is 22.9 Å². The summed E-state index contributed by atoms with van der Waals surface area (Å²) in [6, 6.07) is 12.1. The van der Waals surface area contributed by atoms with Crippen LogP contribution in [0.5, 0.6) is 0 Å². The fourth-order valence-corrected chi connectivity index (χ4v) is 5.11. The number of ether oxygens (including phenoxy) is 1. The van der Waals surface area contributed by atoms with Crippen LogP contribution in [0.4, 0.5) is 5.13 Å². The number of aryl methyl sites for hydroxylation is 3. The van der Waals surface area contributed by atoms with Gasteiger partial charge in [0, 0.05) is 22.8 Å². The van der Waals surface area contributed by atoms with Crippen molar-refractivity contribution in [1.29, 1.82) is 0 Å². The maximum Gasteiger partial charge on any atom is 0.337 e. The van der Waals surface area contributed by atoms with E-state index in [4.69, 9.17) is 21.3 Å². The number of hydrogen-bond acceptors (Lipinski definition) is 6. The molecule has 170 valence electrons. The van der Waals surface area contributed by atoms with Gasteiger partial charge in [-0.2, -0.15) is 5.10 Å². The van der Waals surface area contributed by atoms with Gasteiger partial charge in [0.15, 0.2) is 5.13 Å². The summed E-state index contributed by atoms with van der Waals surface area (Å²) in [5, 5.41) is 5.73. The first-order valence-electron chi connectivity index (χ1n) is 10.3. The summed E-state index contributed by atoms with van der Waals surface area (Å²) in [7, 11) is 1.32. The van der Waals surface area contributed by atoms with Crippen molar-refractivity contribution in [1.82, 2.24) is 14.8 Å². The van der Waals surface area contributed by atoms with Crippen molar-refractivity contribution in [2.24, 2.45) is 0 Å². The number of carbonyl (C=O) groups excluding carboxylic acids is 2. The molecule has 0 unspecified atom stereocenters. The van der Waals surface area contributed by atoms with Crippen molar-refractivity contribution >= 4 is 50.2 Å². The number of thiazole rings is 1. The van der Waals surface area contributed by atoms with Crippen LogP contribution in [0.1, 0.15) is 37.7 Å². The third-order valence-electron chi connectivity index (χ3n) is 5.31. The van der Waals surface area contributed by atoms with Crippen molar-refractivity contribution in [2.45, 2.75) is 27.3 Å². The molecule has 7 nitrogen and oxygen atoms in total. The molecule has 0 fully saturated rings. The van der Waals surface area contributed by atoms with E-state index in [1.807, 2.05) is 43.7 Å². The average Bonchev–Trinajstić information content (AvgIpc) is 3.35. The maximum absolute atomic E-state index is 13.6. The molecule has 0 bridgehead atoms. The van der Waals surface area contributed by atoms with E-state index in [0.717, 1.165) is 27.2 Å². The highest BCUT2D eigenvalue weighted by Crippen LogP contribution is 2.33. The minimum atomic E-state index is -0.450. The van der Waals surface area contributed by atoms with Gasteiger partial charge in [-0.3, -0.25) is 14.4 Å². The smallest absolute Gasteiger partial charge is 0.337 e. The van der Waals surface area contributed by atoms with E-state index < -0.39 is 5.97 Å². The Balaban J connectivity index is 1.70. The van der Waals surface area contributed by atoms with E-state index in [2.05, 4.69) is 5.10 Å². The summed E-state index contributed by atoms with van der Waals surface area (Å²) in [5.74, 6) is -0.662. The van der Waals surface area contributed by atoms with Gasteiger partial charge in [0.05, 0.1) is 35.1 Å². The number of amides is 1. The Hall–Kier alpha value is -3.23. The first-order valence-corrected chi connectivity index (χ1v) is 11.5. The van der Waals surface area contributed by atoms with Crippen molar-refractivity contribution < 1.29 is 14.3 Å². The number of nitrogens with zero attached hydrogens (tertiary/aromatic N) is 4. The molecular weight excluding hydrogens is 460 g/mol. The summed E-state index contributed by atoms with van der Waals surface area (Å²) in [4.78, 5) is 31.7. The third-order valence-corrected chi connectivity index (χ3v) is 6.55. The first-order chi connectivity index (χ1) is 15.8. The maximum atomic E-state index is 13.6. The molecule has 1 amide bonds. The number of methoxy groups -OCH3 is 1. The Morgan fingerprint density at radius 2 is 1.79 bits per heavy atom. The van der Waals surface area contributed by atoms with Crippen molar-refractivity contribution in [3.63, 3.8) is 0 Å². The monoisotopic (exact) mass is 482 g/mol. The van der Waals surface area contributed by atoms with Gasteiger partial charge >= 0.3 is 5.97 Å². The van der Waals surface area contributed by atoms with Gasteiger partial charge in [-0.05, 0) is 68.8 Å². The van der Waals surface area contributed by atoms with Crippen LogP contribution in [0.3, 0.4) is 0 Å². The number of hydrogen-bond donors (Lipinski definition) is 0. The summed E-state index contributed by atoms with van der Waals surface area (Å²) in [5.41, 5.74) is 4.56. The number of benzene rings is 2. The van der Waals surface area contributed by atoms with Gasteiger partial charge in [0.2, 0.25) is 0 Å². The Morgan fingerprint density at radius 3 is 2.42 bits per heavy atom. The second-order valence-corrected chi connectivity index (χ2v) is 9.19. The van der Waals surface area contributed by atoms with Crippen molar-refractivity contribution in [2.75, 3.05) is 18.6 Å². The number of fused-ring (bicyclic) bond motifs is 1. The lowest BCUT2D eigenvalue weighted by Crippen LogP contribution is -2.34. The van der Waals surface area contributed by atoms with Crippen LogP contribution in [-0.2, 0) is 11.3 Å². The van der Waals surface area contributed by atoms with Crippen LogP contribution in [0.25, 0.3) is 10.2 Å². The molecule has 0 atom stereocenters. The molecule has 2 aromatic carbocycles. The topological polar surface area (TPSA) is 77.3 Å². The van der Waals surface area contributed by atoms with Crippen LogP contribution < -0.4 is 4.90 Å². The fraction of sp³-hybridized carbons (Fsp3) is 0.250. The standard InChI is InChI=1S/C24H23ClN4O3S/c1-14-11-19(25)13-20-21(14)26-24(33-20)28(9-10-29-16(3)12-15(2)27-29)22(30)17-5-7-18(8-6-17)23(31)32-4/h5-8,11-13H,9-10H2,1-4H3. The van der Waals surface area contributed by atoms with Gasteiger partial charge in [-0.25, -0.2) is 9.78 Å². The molecule has 0 aliphatic carbocycles. The molecule has 0 saturated heterocycles. The predicted octanol–water partition coefficient (Wildman–Crippen LogP) is 5.21. The van der Waals surface area contributed by atoms with E-state index in [-0.39, 0.29) is 5.91 Å². The molecule has 0 spiro atoms. The lowest BCUT2D eigenvalue weighted by atomic mass is 10.1. The fourth-order valence-electron chi connectivity index (χ4n) is 3.66. The Bertz CT molecular complexity index is 1340. The first kappa shape index (κ1) is 22.9. The van der Waals surface area contributed by atoms with Crippen molar-refractivity contribution in [3.8, 4) is 0 Å². The van der Waals surface area contributed by atoms with Crippen LogP contribution in [0.15, 0.2) is 42.5 Å². The zero-order chi connectivity index (χ0) is 23.7. The average molecular weight is 483 g/mol. The summed E-state index contributed by atoms with van der Waals surface area (Å²) in [6.07, 6.45) is 0. The Labute approximate surface area is 200 Å². The number of anilines is 1. The molecule has 0 radical (unpaired) electrons. The zero-order valence-corrected chi connectivity index (χ0v) is 20.3. The van der Waals surface area contributed by atoms with E-state index in [9.17, 15) is 9.59 Å². The molecule has 33 heavy (non-hydrogen) atoms. The SMILES string of the molecule is COC(=O)c1ccc(C(=O)N(CCn2nc(C)cc2C)c2nc3c(C)cc(Cl)cc3s2)cc1. The molecule has 9 heteroatoms. The number of aromatic nitrogens is 3. The number of rotatable bonds is 6. The zero-order valence-electron chi connectivity index (χ0n) is 18.8. The minimum absolute atomic E-state index is 0.212. The van der Waals surface area contributed by atoms with E-state index in [1.165, 1.54) is 18.4 Å². The molecule has 0 saturated carbocycles. The van der Waals surface area contributed by atoms with Crippen molar-refractivity contribution in [3.05, 3.63) is 75.6 Å². The summed E-state index contributed by atoms with van der Waals surface area (Å²) in [6.45, 7) is 6.77. The minimum Gasteiger partial charge on any atom is -0.465 e. The van der Waals surface area contributed by atoms with Gasteiger partial charge < -0.3 is 4.74 Å². The van der Waals surface area contributed by atoms with Crippen LogP contribution in [0, 0.1) is 20.8 Å². The predicted molar refractivity (Wildman–Crippen MR) is 131 cm³/mol.